The summed E-state index contributed by atoms with van der Waals surface area (Å²) in [5.41, 5.74) is 7.48. The van der Waals surface area contributed by atoms with Crippen LogP contribution < -0.4 is 9.64 Å². The second-order valence-electron chi connectivity index (χ2n) is 7.07. The maximum Gasteiger partial charge on any atom is 0.272 e. The summed E-state index contributed by atoms with van der Waals surface area (Å²) in [5, 5.41) is 0. The van der Waals surface area contributed by atoms with Gasteiger partial charge in [0.1, 0.15) is 0 Å². The van der Waals surface area contributed by atoms with Gasteiger partial charge in [-0.25, -0.2) is 0 Å². The van der Waals surface area contributed by atoms with Crippen LogP contribution in [0.2, 0.25) is 0 Å². The van der Waals surface area contributed by atoms with E-state index in [9.17, 15) is 0 Å². The van der Waals surface area contributed by atoms with Crippen molar-refractivity contribution in [2.24, 2.45) is 0 Å². The molecule has 28 heavy (non-hydrogen) atoms. The molecule has 1 aromatic heterocycles. The van der Waals surface area contributed by atoms with Gasteiger partial charge in [0.2, 0.25) is 0 Å². The van der Waals surface area contributed by atoms with Crippen molar-refractivity contribution in [3.63, 3.8) is 0 Å². The van der Waals surface area contributed by atoms with Crippen molar-refractivity contribution in [2.75, 3.05) is 4.90 Å². The topological polar surface area (TPSA) is 25.4 Å². The first-order chi connectivity index (χ1) is 13.2. The summed E-state index contributed by atoms with van der Waals surface area (Å²) in [6.45, 7) is 8.14. The number of nitrogens with zero attached hydrogens (tertiary/aromatic N) is 2. The van der Waals surface area contributed by atoms with E-state index in [1.807, 2.05) is 63.4 Å². The van der Waals surface area contributed by atoms with Crippen LogP contribution in [0.1, 0.15) is 22.3 Å². The molecule has 144 valence electrons. The summed E-state index contributed by atoms with van der Waals surface area (Å²) in [5.74, 6) is 1.32. The summed E-state index contributed by atoms with van der Waals surface area (Å²) >= 11 is 19.2. The summed E-state index contributed by atoms with van der Waals surface area (Å²) < 4.78 is 4.74. The van der Waals surface area contributed by atoms with E-state index in [0.29, 0.717) is 17.2 Å². The van der Waals surface area contributed by atoms with Crippen LogP contribution in [-0.2, 0) is 0 Å². The van der Waals surface area contributed by atoms with E-state index < -0.39 is 3.92 Å². The highest BCUT2D eigenvalue weighted by atomic mass is 35.6. The predicted molar refractivity (Wildman–Crippen MR) is 118 cm³/mol. The number of fused-ring (bicyclic) bond motifs is 2. The molecule has 0 radical (unpaired) electrons. The second kappa shape index (κ2) is 6.84. The van der Waals surface area contributed by atoms with Gasteiger partial charge in [-0.05, 0) is 74.2 Å². The minimum absolute atomic E-state index is 0.630. The van der Waals surface area contributed by atoms with Crippen molar-refractivity contribution in [1.82, 2.24) is 4.98 Å². The van der Waals surface area contributed by atoms with Crippen LogP contribution in [0.3, 0.4) is 0 Å². The van der Waals surface area contributed by atoms with Gasteiger partial charge >= 0.3 is 0 Å². The molecule has 6 heteroatoms. The quantitative estimate of drug-likeness (QED) is 0.292. The van der Waals surface area contributed by atoms with E-state index in [1.165, 1.54) is 0 Å². The normalized spacial score (nSPS) is 13.0. The molecule has 1 aliphatic heterocycles. The molecule has 3 aromatic rings. The van der Waals surface area contributed by atoms with E-state index in [0.717, 1.165) is 39.2 Å². The Morgan fingerprint density at radius 3 is 2.25 bits per heavy atom. The molecule has 0 N–H and O–H groups in total. The lowest BCUT2D eigenvalue weighted by Gasteiger charge is -2.38. The van der Waals surface area contributed by atoms with Crippen LogP contribution in [0.5, 0.6) is 11.5 Å². The lowest BCUT2D eigenvalue weighted by atomic mass is 10.0. The van der Waals surface area contributed by atoms with Crippen molar-refractivity contribution in [3.8, 4) is 22.8 Å². The third kappa shape index (κ3) is 3.12. The Bertz CT molecular complexity index is 1090. The number of alkyl halides is 3. The zero-order valence-corrected chi connectivity index (χ0v) is 18.2. The van der Waals surface area contributed by atoms with Crippen LogP contribution in [0.15, 0.2) is 42.6 Å². The fourth-order valence-corrected chi connectivity index (χ4v) is 3.91. The highest BCUT2D eigenvalue weighted by Crippen LogP contribution is 2.56. The molecule has 2 heterocycles. The molecule has 0 amide bonds. The summed E-state index contributed by atoms with van der Waals surface area (Å²) in [6.07, 6.45) is 1.86. The van der Waals surface area contributed by atoms with E-state index >= 15 is 0 Å². The van der Waals surface area contributed by atoms with Gasteiger partial charge in [-0.15, -0.1) is 0 Å². The maximum absolute atomic E-state index is 6.41. The number of benzene rings is 2. The Labute approximate surface area is 179 Å². The van der Waals surface area contributed by atoms with Gasteiger partial charge < -0.3 is 4.74 Å². The zero-order valence-electron chi connectivity index (χ0n) is 16.0. The number of anilines is 2. The zero-order chi connectivity index (χ0) is 20.2. The highest BCUT2D eigenvalue weighted by molar-refractivity contribution is 6.69. The maximum atomic E-state index is 6.41. The molecule has 0 unspecified atom stereocenters. The molecule has 3 nitrogen and oxygen atoms in total. The third-order valence-electron chi connectivity index (χ3n) is 5.24. The van der Waals surface area contributed by atoms with Crippen LogP contribution in [0.25, 0.3) is 11.3 Å². The smallest absolute Gasteiger partial charge is 0.272 e. The molecule has 0 fully saturated rings. The van der Waals surface area contributed by atoms with E-state index in [4.69, 9.17) is 39.5 Å². The van der Waals surface area contributed by atoms with Crippen molar-refractivity contribution in [2.45, 2.75) is 31.6 Å². The number of hydrogen-bond donors (Lipinski definition) is 0. The minimum atomic E-state index is -1.68. The van der Waals surface area contributed by atoms with Gasteiger partial charge in [0, 0.05) is 11.8 Å². The molecule has 0 atom stereocenters. The monoisotopic (exact) mass is 432 g/mol. The van der Waals surface area contributed by atoms with E-state index in [-0.39, 0.29) is 0 Å². The molecule has 2 aromatic carbocycles. The van der Waals surface area contributed by atoms with Crippen LogP contribution >= 0.6 is 34.8 Å². The first-order valence-corrected chi connectivity index (χ1v) is 10.0. The molecule has 1 aliphatic rings. The number of ether oxygens (including phenoxy) is 1. The van der Waals surface area contributed by atoms with E-state index in [1.54, 1.807) is 4.90 Å². The average Bonchev–Trinajstić information content (AvgIpc) is 2.64. The molecule has 0 saturated carbocycles. The van der Waals surface area contributed by atoms with Crippen LogP contribution in [0, 0.1) is 27.7 Å². The second-order valence-corrected chi connectivity index (χ2v) is 9.29. The van der Waals surface area contributed by atoms with Gasteiger partial charge in [0.05, 0.1) is 17.1 Å². The van der Waals surface area contributed by atoms with Crippen molar-refractivity contribution in [3.05, 3.63) is 64.8 Å². The van der Waals surface area contributed by atoms with Crippen molar-refractivity contribution in [1.29, 1.82) is 0 Å². The molecule has 0 bridgehead atoms. The molecular weight excluding hydrogens is 415 g/mol. The number of aryl methyl sites for hydroxylation is 3. The lowest BCUT2D eigenvalue weighted by molar-refractivity contribution is 0.470. The van der Waals surface area contributed by atoms with Gasteiger partial charge in [-0.1, -0.05) is 46.9 Å². The van der Waals surface area contributed by atoms with Gasteiger partial charge in [-0.2, -0.15) is 0 Å². The van der Waals surface area contributed by atoms with Crippen LogP contribution in [0.4, 0.5) is 11.4 Å². The van der Waals surface area contributed by atoms with Gasteiger partial charge in [0.15, 0.2) is 11.5 Å². The Morgan fingerprint density at radius 1 is 0.857 bits per heavy atom. The Hall–Kier alpha value is -1.94. The molecule has 4 rings (SSSR count). The first kappa shape index (κ1) is 19.4. The Balaban J connectivity index is 1.99. The number of pyridine rings is 1. The SMILES string of the molecule is Cc1cnc(-c2cccc3c2Oc2c(ccc(C)c2C)N3C(Cl)(Cl)Cl)cc1C. The first-order valence-electron chi connectivity index (χ1n) is 8.90. The summed E-state index contributed by atoms with van der Waals surface area (Å²) in [6, 6.07) is 11.8. The number of rotatable bonds is 1. The van der Waals surface area contributed by atoms with Crippen molar-refractivity contribution < 1.29 is 4.74 Å². The summed E-state index contributed by atoms with van der Waals surface area (Å²) in [7, 11) is 0. The highest BCUT2D eigenvalue weighted by Gasteiger charge is 2.39. The average molecular weight is 434 g/mol. The third-order valence-corrected chi connectivity index (χ3v) is 5.75. The molecular formula is C22H19Cl3N2O. The fourth-order valence-electron chi connectivity index (χ4n) is 3.37. The summed E-state index contributed by atoms with van der Waals surface area (Å²) in [4.78, 5) is 6.29. The number of hydrogen-bond acceptors (Lipinski definition) is 3. The molecule has 0 saturated heterocycles. The van der Waals surface area contributed by atoms with Gasteiger partial charge in [0.25, 0.3) is 3.92 Å². The molecule has 0 aliphatic carbocycles. The van der Waals surface area contributed by atoms with Crippen molar-refractivity contribution >= 4 is 46.2 Å². The minimum Gasteiger partial charge on any atom is -0.452 e. The largest absolute Gasteiger partial charge is 0.452 e. The fraction of sp³-hybridized carbons (Fsp3) is 0.227. The Kier molecular flexibility index (Phi) is 4.73. The lowest BCUT2D eigenvalue weighted by Crippen LogP contribution is -2.33. The Morgan fingerprint density at radius 2 is 1.57 bits per heavy atom. The molecule has 0 spiro atoms. The standard InChI is InChI=1S/C22H19Cl3N2O/c1-12-8-9-19-20(15(12)4)28-21-16(17-10-13(2)14(3)11-26-17)6-5-7-18(21)27(19)22(23,24)25/h5-11H,1-4H3. The van der Waals surface area contributed by atoms with Gasteiger partial charge in [-0.3, -0.25) is 9.88 Å². The van der Waals surface area contributed by atoms with E-state index in [2.05, 4.69) is 11.9 Å². The number of halogens is 3. The number of aromatic nitrogens is 1. The van der Waals surface area contributed by atoms with Crippen LogP contribution in [-0.4, -0.2) is 8.90 Å². The predicted octanol–water partition coefficient (Wildman–Crippen LogP) is 7.55. The number of para-hydroxylation sites is 1.